The van der Waals surface area contributed by atoms with Crippen LogP contribution >= 0.6 is 11.3 Å². The third kappa shape index (κ3) is 3.02. The van der Waals surface area contributed by atoms with Crippen LogP contribution in [0.1, 0.15) is 66.6 Å². The predicted molar refractivity (Wildman–Crippen MR) is 97.1 cm³/mol. The van der Waals surface area contributed by atoms with E-state index in [-0.39, 0.29) is 11.9 Å². The Hall–Kier alpha value is -2.35. The van der Waals surface area contributed by atoms with Gasteiger partial charge in [-0.2, -0.15) is 5.10 Å². The van der Waals surface area contributed by atoms with Crippen LogP contribution < -0.4 is 5.32 Å². The monoisotopic (exact) mass is 356 g/mol. The maximum absolute atomic E-state index is 12.9. The molecule has 1 saturated carbocycles. The van der Waals surface area contributed by atoms with E-state index in [1.54, 1.807) is 6.20 Å². The number of anilines is 1. The minimum Gasteiger partial charge on any atom is -0.296 e. The lowest BCUT2D eigenvalue weighted by molar-refractivity contribution is 0.102. The number of rotatable bonds is 5. The van der Waals surface area contributed by atoms with Crippen molar-refractivity contribution >= 4 is 33.4 Å². The lowest BCUT2D eigenvalue weighted by Gasteiger charge is -2.09. The van der Waals surface area contributed by atoms with Crippen molar-refractivity contribution in [2.24, 2.45) is 0 Å². The lowest BCUT2D eigenvalue weighted by atomic mass is 10.1. The summed E-state index contributed by atoms with van der Waals surface area (Å²) in [5.41, 5.74) is 2.36. The molecule has 0 radical (unpaired) electrons. The Bertz CT molecular complexity index is 940. The number of aromatic nitrogens is 5. The highest BCUT2D eigenvalue weighted by Crippen LogP contribution is 2.40. The number of aryl methyl sites for hydroxylation is 1. The van der Waals surface area contributed by atoms with Crippen molar-refractivity contribution in [1.29, 1.82) is 0 Å². The second kappa shape index (κ2) is 6.18. The van der Waals surface area contributed by atoms with Crippen LogP contribution in [0, 0.1) is 0 Å². The molecule has 1 amide bonds. The van der Waals surface area contributed by atoms with E-state index in [9.17, 15) is 4.79 Å². The molecule has 0 aliphatic heterocycles. The number of nitrogens with zero attached hydrogens (tertiary/aromatic N) is 5. The van der Waals surface area contributed by atoms with Crippen LogP contribution in [0.2, 0.25) is 0 Å². The Labute approximate surface area is 149 Å². The first-order valence-corrected chi connectivity index (χ1v) is 9.40. The fourth-order valence-corrected chi connectivity index (χ4v) is 3.48. The Morgan fingerprint density at radius 2 is 2.20 bits per heavy atom. The summed E-state index contributed by atoms with van der Waals surface area (Å²) in [5.74, 6) is 0.274. The summed E-state index contributed by atoms with van der Waals surface area (Å²) in [5, 5.41) is 17.6. The SMILES string of the molecule is CCc1nnc(NC(=O)c2cc(C3CC3)nc3c2cnn3C(C)C)s1. The van der Waals surface area contributed by atoms with Gasteiger partial charge in [-0.15, -0.1) is 10.2 Å². The zero-order valence-corrected chi connectivity index (χ0v) is 15.3. The smallest absolute Gasteiger partial charge is 0.258 e. The van der Waals surface area contributed by atoms with E-state index >= 15 is 0 Å². The topological polar surface area (TPSA) is 85.6 Å². The summed E-state index contributed by atoms with van der Waals surface area (Å²) in [4.78, 5) is 17.6. The van der Waals surface area contributed by atoms with E-state index < -0.39 is 0 Å². The summed E-state index contributed by atoms with van der Waals surface area (Å²) < 4.78 is 1.87. The number of amides is 1. The van der Waals surface area contributed by atoms with Crippen LogP contribution in [0.4, 0.5) is 5.13 Å². The van der Waals surface area contributed by atoms with Crippen LogP contribution in [-0.2, 0) is 6.42 Å². The molecule has 25 heavy (non-hydrogen) atoms. The number of fused-ring (bicyclic) bond motifs is 1. The van der Waals surface area contributed by atoms with Gasteiger partial charge >= 0.3 is 0 Å². The standard InChI is InChI=1S/C17H20N6OS/c1-4-14-21-22-17(25-14)20-16(24)11-7-13(10-5-6-10)19-15-12(11)8-18-23(15)9(2)3/h7-10H,4-6H2,1-3H3,(H,20,22,24). The van der Waals surface area contributed by atoms with E-state index in [4.69, 9.17) is 4.98 Å². The number of nitrogens with one attached hydrogen (secondary N) is 1. The van der Waals surface area contributed by atoms with Crippen LogP contribution in [0.25, 0.3) is 11.0 Å². The molecular formula is C17H20N6OS. The molecule has 0 aromatic carbocycles. The highest BCUT2D eigenvalue weighted by Gasteiger charge is 2.28. The van der Waals surface area contributed by atoms with E-state index in [1.165, 1.54) is 11.3 Å². The van der Waals surface area contributed by atoms with Gasteiger partial charge in [0, 0.05) is 17.7 Å². The zero-order chi connectivity index (χ0) is 17.6. The fraction of sp³-hybridized carbons (Fsp3) is 0.471. The Morgan fingerprint density at radius 1 is 1.40 bits per heavy atom. The molecule has 3 aromatic heterocycles. The number of hydrogen-bond donors (Lipinski definition) is 1. The molecule has 7 nitrogen and oxygen atoms in total. The van der Waals surface area contributed by atoms with Gasteiger partial charge in [0.05, 0.1) is 17.1 Å². The lowest BCUT2D eigenvalue weighted by Crippen LogP contribution is -2.13. The van der Waals surface area contributed by atoms with Gasteiger partial charge in [-0.3, -0.25) is 10.1 Å². The first-order valence-electron chi connectivity index (χ1n) is 8.58. The van der Waals surface area contributed by atoms with Gasteiger partial charge in [0.25, 0.3) is 5.91 Å². The molecule has 1 aliphatic rings. The van der Waals surface area contributed by atoms with Gasteiger partial charge in [-0.25, -0.2) is 9.67 Å². The molecule has 0 bridgehead atoms. The third-order valence-corrected chi connectivity index (χ3v) is 5.29. The molecular weight excluding hydrogens is 336 g/mol. The number of pyridine rings is 1. The molecule has 8 heteroatoms. The maximum Gasteiger partial charge on any atom is 0.258 e. The van der Waals surface area contributed by atoms with Crippen LogP contribution in [-0.4, -0.2) is 30.9 Å². The van der Waals surface area contributed by atoms with Gasteiger partial charge in [-0.05, 0) is 39.2 Å². The normalized spacial score (nSPS) is 14.4. The van der Waals surface area contributed by atoms with E-state index in [0.717, 1.165) is 41.0 Å². The van der Waals surface area contributed by atoms with Crippen LogP contribution in [0.5, 0.6) is 0 Å². The summed E-state index contributed by atoms with van der Waals surface area (Å²) in [7, 11) is 0. The average Bonchev–Trinajstić information content (AvgIpc) is 3.19. The van der Waals surface area contributed by atoms with E-state index in [1.807, 2.05) is 17.7 Å². The Morgan fingerprint density at radius 3 is 2.84 bits per heavy atom. The molecule has 0 unspecified atom stereocenters. The fourth-order valence-electron chi connectivity index (χ4n) is 2.80. The van der Waals surface area contributed by atoms with Crippen molar-refractivity contribution in [3.63, 3.8) is 0 Å². The minimum atomic E-state index is -0.184. The molecule has 0 spiro atoms. The second-order valence-corrected chi connectivity index (χ2v) is 7.66. The highest BCUT2D eigenvalue weighted by molar-refractivity contribution is 7.15. The van der Waals surface area contributed by atoms with Gasteiger partial charge in [0.1, 0.15) is 5.01 Å². The molecule has 1 fully saturated rings. The minimum absolute atomic E-state index is 0.184. The average molecular weight is 356 g/mol. The molecule has 3 heterocycles. The summed E-state index contributed by atoms with van der Waals surface area (Å²) >= 11 is 1.40. The van der Waals surface area contributed by atoms with Crippen molar-refractivity contribution in [2.45, 2.75) is 52.0 Å². The molecule has 0 saturated heterocycles. The van der Waals surface area contributed by atoms with E-state index in [2.05, 4.69) is 34.5 Å². The number of carbonyl (C=O) groups excluding carboxylic acids is 1. The molecule has 4 rings (SSSR count). The summed E-state index contributed by atoms with van der Waals surface area (Å²) in [6.07, 6.45) is 4.79. The number of hydrogen-bond acceptors (Lipinski definition) is 6. The first-order chi connectivity index (χ1) is 12.1. The Kier molecular flexibility index (Phi) is 3.99. The van der Waals surface area contributed by atoms with Crippen molar-refractivity contribution in [3.05, 3.63) is 28.5 Å². The maximum atomic E-state index is 12.9. The third-order valence-electron chi connectivity index (χ3n) is 4.31. The van der Waals surface area contributed by atoms with Gasteiger partial charge < -0.3 is 0 Å². The number of carbonyl (C=O) groups is 1. The Balaban J connectivity index is 1.75. The first kappa shape index (κ1) is 16.1. The predicted octanol–water partition coefficient (Wildman–Crippen LogP) is 3.56. The molecule has 1 N–H and O–H groups in total. The highest BCUT2D eigenvalue weighted by atomic mass is 32.1. The van der Waals surface area contributed by atoms with Crippen molar-refractivity contribution in [2.75, 3.05) is 5.32 Å². The van der Waals surface area contributed by atoms with Crippen molar-refractivity contribution < 1.29 is 4.79 Å². The molecule has 3 aromatic rings. The molecule has 1 aliphatic carbocycles. The van der Waals surface area contributed by atoms with Gasteiger partial charge in [0.15, 0.2) is 5.65 Å². The van der Waals surface area contributed by atoms with Crippen molar-refractivity contribution in [3.8, 4) is 0 Å². The van der Waals surface area contributed by atoms with Gasteiger partial charge in [-0.1, -0.05) is 18.3 Å². The molecule has 0 atom stereocenters. The van der Waals surface area contributed by atoms with Gasteiger partial charge in [0.2, 0.25) is 5.13 Å². The largest absolute Gasteiger partial charge is 0.296 e. The second-order valence-electron chi connectivity index (χ2n) is 6.60. The zero-order valence-electron chi connectivity index (χ0n) is 14.5. The van der Waals surface area contributed by atoms with Crippen molar-refractivity contribution in [1.82, 2.24) is 25.0 Å². The molecule has 130 valence electrons. The van der Waals surface area contributed by atoms with Crippen LogP contribution in [0.3, 0.4) is 0 Å². The quantitative estimate of drug-likeness (QED) is 0.755. The summed E-state index contributed by atoms with van der Waals surface area (Å²) in [6.45, 7) is 6.14. The summed E-state index contributed by atoms with van der Waals surface area (Å²) in [6, 6.07) is 2.09. The van der Waals surface area contributed by atoms with E-state index in [0.29, 0.717) is 16.6 Å². The van der Waals surface area contributed by atoms with Crippen LogP contribution in [0.15, 0.2) is 12.3 Å².